The van der Waals surface area contributed by atoms with Crippen molar-refractivity contribution in [3.05, 3.63) is 53.6 Å². The number of ether oxygens (including phenoxy) is 17. The zero-order valence-corrected chi connectivity index (χ0v) is 71.8. The van der Waals surface area contributed by atoms with Crippen molar-refractivity contribution in [2.75, 3.05) is 46.2 Å². The second-order valence-electron chi connectivity index (χ2n) is 38.8. The molecule has 8 aliphatic heterocycles. The van der Waals surface area contributed by atoms with Crippen LogP contribution in [0.2, 0.25) is 0 Å². The quantitative estimate of drug-likeness (QED) is 0.0187. The van der Waals surface area contributed by atoms with Gasteiger partial charge < -0.3 is 198 Å². The second kappa shape index (κ2) is 39.1. The molecule has 0 aromatic heterocycles. The van der Waals surface area contributed by atoms with Gasteiger partial charge in [-0.3, -0.25) is 4.79 Å². The Balaban J connectivity index is 0.750. The molecule has 0 radical (unpaired) electrons. The van der Waals surface area contributed by atoms with E-state index in [0.717, 1.165) is 5.57 Å². The molecule has 5 aliphatic carbocycles. The van der Waals surface area contributed by atoms with Crippen molar-refractivity contribution >= 4 is 18.0 Å². The lowest BCUT2D eigenvalue weighted by molar-refractivity contribution is -0.390. The van der Waals surface area contributed by atoms with Crippen molar-refractivity contribution in [1.82, 2.24) is 0 Å². The number of esters is 2. The molecule has 42 heteroatoms. The minimum Gasteiger partial charge on any atom is -0.459 e. The number of carbonyl (C=O) groups excluding carboxylic acids is 2. The van der Waals surface area contributed by atoms with E-state index in [4.69, 9.17) is 80.5 Å². The largest absolute Gasteiger partial charge is 0.459 e. The first-order valence-corrected chi connectivity index (χ1v) is 43.9. The smallest absolute Gasteiger partial charge is 0.331 e. The molecule has 47 unspecified atom stereocenters. The molecule has 8 heterocycles. The van der Waals surface area contributed by atoms with Crippen LogP contribution in [-0.2, 0) is 90.1 Å². The van der Waals surface area contributed by atoms with Gasteiger partial charge in [-0.05, 0) is 109 Å². The normalized spacial score (nSPS) is 51.0. The Morgan fingerprint density at radius 3 is 1.46 bits per heavy atom. The van der Waals surface area contributed by atoms with Crippen molar-refractivity contribution in [1.29, 1.82) is 0 Å². The van der Waals surface area contributed by atoms with Crippen molar-refractivity contribution < 1.29 is 208 Å². The molecule has 127 heavy (non-hydrogen) atoms. The van der Waals surface area contributed by atoms with E-state index in [2.05, 4.69) is 26.8 Å². The molecule has 1 aromatic carbocycles. The first kappa shape index (κ1) is 99.1. The molecule has 47 atom stereocenters. The summed E-state index contributed by atoms with van der Waals surface area (Å²) in [5.74, 6) is -2.62. The average Bonchev–Trinajstić information content (AvgIpc) is 0.942. The molecule has 13 aliphatic rings. The second-order valence-corrected chi connectivity index (χ2v) is 38.8. The number of aliphatic hydroxyl groups excluding tert-OH is 23. The van der Waals surface area contributed by atoms with Gasteiger partial charge >= 0.3 is 11.9 Å². The van der Waals surface area contributed by atoms with Gasteiger partial charge in [0, 0.05) is 17.9 Å². The number of rotatable bonds is 25. The average molecular weight is 1820 g/mol. The minimum absolute atomic E-state index is 0.0772. The van der Waals surface area contributed by atoms with Crippen LogP contribution in [0.1, 0.15) is 119 Å². The lowest BCUT2D eigenvalue weighted by atomic mass is 9.33. The van der Waals surface area contributed by atoms with E-state index in [-0.39, 0.29) is 31.1 Å². The highest BCUT2D eigenvalue weighted by Crippen LogP contribution is 2.76. The Kier molecular flexibility index (Phi) is 30.5. The van der Waals surface area contributed by atoms with Crippen LogP contribution in [0, 0.1) is 50.2 Å². The number of hydrogen-bond donors (Lipinski definition) is 23. The number of fused-ring (bicyclic) bond motifs is 7. The van der Waals surface area contributed by atoms with E-state index in [1.165, 1.54) is 13.0 Å². The van der Waals surface area contributed by atoms with E-state index in [1.807, 2.05) is 33.8 Å². The molecule has 42 nitrogen and oxygen atoms in total. The maximum atomic E-state index is 16.5. The van der Waals surface area contributed by atoms with Crippen LogP contribution in [-0.4, -0.2) is 421 Å². The Hall–Kier alpha value is -3.88. The molecule has 1 aromatic rings. The summed E-state index contributed by atoms with van der Waals surface area (Å²) in [6, 6.07) is 9.01. The first-order valence-electron chi connectivity index (χ1n) is 43.9. The summed E-state index contributed by atoms with van der Waals surface area (Å²) in [4.78, 5) is 30.8. The number of carbonyl (C=O) groups is 2. The molecular formula is C85H130O42. The fourth-order valence-electron chi connectivity index (χ4n) is 22.9. The van der Waals surface area contributed by atoms with Crippen molar-refractivity contribution in [3.8, 4) is 0 Å². The van der Waals surface area contributed by atoms with Gasteiger partial charge in [0.25, 0.3) is 0 Å². The molecule has 14 rings (SSSR count). The van der Waals surface area contributed by atoms with Gasteiger partial charge in [-0.15, -0.1) is 0 Å². The summed E-state index contributed by atoms with van der Waals surface area (Å²) >= 11 is 0. The third-order valence-corrected chi connectivity index (χ3v) is 30.7. The zero-order valence-electron chi connectivity index (χ0n) is 71.8. The monoisotopic (exact) mass is 1820 g/mol. The Bertz CT molecular complexity index is 3890. The lowest BCUT2D eigenvalue weighted by Crippen LogP contribution is -2.68. The van der Waals surface area contributed by atoms with Gasteiger partial charge in [0.05, 0.1) is 63.9 Å². The van der Waals surface area contributed by atoms with Gasteiger partial charge in [-0.2, -0.15) is 0 Å². The van der Waals surface area contributed by atoms with Gasteiger partial charge in [0.1, 0.15) is 177 Å². The number of allylic oxidation sites excluding steroid dienone is 2. The highest BCUT2D eigenvalue weighted by Gasteiger charge is 2.72. The fourth-order valence-corrected chi connectivity index (χ4v) is 22.9. The Morgan fingerprint density at radius 1 is 0.425 bits per heavy atom. The minimum atomic E-state index is -2.20. The van der Waals surface area contributed by atoms with E-state index in [1.54, 1.807) is 30.3 Å². The molecule has 722 valence electrons. The van der Waals surface area contributed by atoms with Crippen LogP contribution in [0.15, 0.2) is 48.1 Å². The first-order chi connectivity index (χ1) is 60.0. The number of aliphatic hydroxyl groups is 23. The third-order valence-electron chi connectivity index (χ3n) is 30.7. The molecule has 0 spiro atoms. The maximum absolute atomic E-state index is 16.5. The van der Waals surface area contributed by atoms with Crippen LogP contribution >= 0.6 is 0 Å². The standard InChI is InChI=1S/C85H130O42/c1-33-66(122-72-62(106)54(98)42(30-90)116-72)67(123-73-63(107)56(100)50(94)38(26-86)114-73)65(109)75(113-33)126-70-59(103)53(97)41(29-89)118-78(70)127-79(110)85-23-22-83(7)35(36(85)24-80(2,3)47(25-85)120-48(92)17-14-34-12-10-9-11-13-34)15-16-45-82(6)20-19-46(81(4,5)44(82)18-21-84(45,83)8)121-77-69(125-74-64(108)57(101)51(95)39(27-87)115-74)60(104)55(99)43(119-77)32-112-76-68(58(102)52(96)40(28-88)117-76)124-71-61(105)49(93)37(91)31-111-71/h9-15,17,33,36-47,49-78,86-91,93-109H,16,18-32H2,1-8H3. The highest BCUT2D eigenvalue weighted by atomic mass is 16.8. The predicted octanol–water partition coefficient (Wildman–Crippen LogP) is -7.20. The van der Waals surface area contributed by atoms with Crippen molar-refractivity contribution in [2.24, 2.45) is 50.2 Å². The highest BCUT2D eigenvalue weighted by molar-refractivity contribution is 5.87. The predicted molar refractivity (Wildman–Crippen MR) is 421 cm³/mol. The number of benzene rings is 1. The summed E-state index contributed by atoms with van der Waals surface area (Å²) < 4.78 is 104. The van der Waals surface area contributed by atoms with E-state index >= 15 is 4.79 Å². The molecule has 12 fully saturated rings. The van der Waals surface area contributed by atoms with E-state index < -0.39 is 342 Å². The molecule has 8 saturated heterocycles. The zero-order chi connectivity index (χ0) is 92.1. The topological polar surface area (TPSA) is 656 Å². The summed E-state index contributed by atoms with van der Waals surface area (Å²) in [5.41, 5.74) is -3.51. The van der Waals surface area contributed by atoms with Gasteiger partial charge in [-0.1, -0.05) is 90.4 Å². The van der Waals surface area contributed by atoms with Gasteiger partial charge in [0.15, 0.2) is 50.1 Å². The Morgan fingerprint density at radius 2 is 0.890 bits per heavy atom. The summed E-state index contributed by atoms with van der Waals surface area (Å²) in [6.45, 7) is 10.4. The number of hydrogen-bond acceptors (Lipinski definition) is 42. The van der Waals surface area contributed by atoms with E-state index in [9.17, 15) is 122 Å². The van der Waals surface area contributed by atoms with Gasteiger partial charge in [-0.25, -0.2) is 4.79 Å². The van der Waals surface area contributed by atoms with Crippen LogP contribution in [0.4, 0.5) is 0 Å². The molecule has 4 saturated carbocycles. The van der Waals surface area contributed by atoms with Crippen molar-refractivity contribution in [2.45, 2.75) is 359 Å². The summed E-state index contributed by atoms with van der Waals surface area (Å²) in [6.07, 6.45) is -63.2. The van der Waals surface area contributed by atoms with Crippen LogP contribution in [0.25, 0.3) is 6.08 Å². The lowest BCUT2D eigenvalue weighted by Gasteiger charge is -2.71. The van der Waals surface area contributed by atoms with Crippen LogP contribution < -0.4 is 0 Å². The SMILES string of the molecule is CC1OC(OC2C(OC(=O)C34CCC5(C)C(=CCC6C7(C)CCC(OC8OC(COC9OC(CO)C(O)C(O)C9OC9OCC(O)C(O)C9O)C(O)C(O)C8OC8OC(CO)C(O)C(O)C8O)C(C)(C)C7CCC65C)C3CC(C)(C)C(OC(=O)C=Cc3ccccc3)C4)OC(CO)C(O)C2O)C(O)C(OC2OC(CO)C(O)C(O)C2O)C1OC1OC(CO)C(O)C1O. The molecular weight excluding hydrogens is 1690 g/mol. The fraction of sp³-hybridized carbons (Fsp3) is 0.859. The van der Waals surface area contributed by atoms with Crippen LogP contribution in [0.5, 0.6) is 0 Å². The maximum Gasteiger partial charge on any atom is 0.331 e. The molecule has 0 amide bonds. The third kappa shape index (κ3) is 18.3. The molecule has 23 N–H and O–H groups in total. The van der Waals surface area contributed by atoms with Crippen LogP contribution in [0.3, 0.4) is 0 Å². The van der Waals surface area contributed by atoms with Gasteiger partial charge in [0.2, 0.25) is 6.29 Å². The summed E-state index contributed by atoms with van der Waals surface area (Å²) in [7, 11) is 0. The molecule has 0 bridgehead atoms. The van der Waals surface area contributed by atoms with E-state index in [0.29, 0.717) is 44.1 Å². The Labute approximate surface area is 731 Å². The van der Waals surface area contributed by atoms with Crippen molar-refractivity contribution in [3.63, 3.8) is 0 Å². The summed E-state index contributed by atoms with van der Waals surface area (Å²) in [5, 5.41) is 254.